The molecule has 1 aromatic heterocycles. The van der Waals surface area contributed by atoms with E-state index in [1.54, 1.807) is 35.4 Å². The number of nitrogens with one attached hydrogen (secondary N) is 1. The molecule has 1 heterocycles. The first-order valence-corrected chi connectivity index (χ1v) is 11.9. The van der Waals surface area contributed by atoms with Gasteiger partial charge in [-0.25, -0.2) is 0 Å². The zero-order valence-electron chi connectivity index (χ0n) is 19.3. The van der Waals surface area contributed by atoms with Crippen molar-refractivity contribution in [1.29, 1.82) is 0 Å². The molecule has 3 aromatic carbocycles. The summed E-state index contributed by atoms with van der Waals surface area (Å²) in [6.07, 6.45) is 2.13. The molecule has 0 aliphatic rings. The quantitative estimate of drug-likeness (QED) is 0.325. The van der Waals surface area contributed by atoms with Crippen LogP contribution in [-0.4, -0.2) is 22.8 Å². The monoisotopic (exact) mass is 486 g/mol. The normalized spacial score (nSPS) is 11.6. The summed E-state index contributed by atoms with van der Waals surface area (Å²) in [5, 5.41) is 3.57. The van der Waals surface area contributed by atoms with E-state index in [-0.39, 0.29) is 24.8 Å². The smallest absolute Gasteiger partial charge is 0.243 e. The molecule has 0 saturated heterocycles. The van der Waals surface area contributed by atoms with Crippen molar-refractivity contribution in [3.63, 3.8) is 0 Å². The van der Waals surface area contributed by atoms with Crippen LogP contribution in [0.1, 0.15) is 22.5 Å². The van der Waals surface area contributed by atoms with Gasteiger partial charge in [0.2, 0.25) is 11.8 Å². The Kier molecular flexibility index (Phi) is 8.36. The van der Waals surface area contributed by atoms with Crippen LogP contribution in [0.15, 0.2) is 108 Å². The molecule has 4 aromatic rings. The van der Waals surface area contributed by atoms with Crippen molar-refractivity contribution in [2.45, 2.75) is 32.0 Å². The fourth-order valence-corrected chi connectivity index (χ4v) is 4.04. The van der Waals surface area contributed by atoms with E-state index < -0.39 is 6.04 Å². The van der Waals surface area contributed by atoms with Gasteiger partial charge in [0.25, 0.3) is 0 Å². The van der Waals surface area contributed by atoms with Crippen molar-refractivity contribution in [1.82, 2.24) is 10.2 Å². The van der Waals surface area contributed by atoms with Crippen molar-refractivity contribution in [3.05, 3.63) is 131 Å². The molecule has 178 valence electrons. The van der Waals surface area contributed by atoms with E-state index in [4.69, 9.17) is 16.0 Å². The van der Waals surface area contributed by atoms with Gasteiger partial charge in [0, 0.05) is 18.0 Å². The molecular weight excluding hydrogens is 460 g/mol. The van der Waals surface area contributed by atoms with Crippen LogP contribution in [0, 0.1) is 0 Å². The molecule has 0 aliphatic carbocycles. The number of hydrogen-bond acceptors (Lipinski definition) is 3. The maximum atomic E-state index is 13.7. The highest BCUT2D eigenvalue weighted by Gasteiger charge is 2.30. The van der Waals surface area contributed by atoms with E-state index in [0.29, 0.717) is 23.7 Å². The van der Waals surface area contributed by atoms with Gasteiger partial charge >= 0.3 is 0 Å². The van der Waals surface area contributed by atoms with Crippen LogP contribution in [0.2, 0.25) is 5.02 Å². The molecule has 0 aliphatic heterocycles. The number of rotatable bonds is 10. The van der Waals surface area contributed by atoms with Gasteiger partial charge < -0.3 is 14.6 Å². The molecular formula is C29H27ClN2O3. The Morgan fingerprint density at radius 3 is 2.09 bits per heavy atom. The van der Waals surface area contributed by atoms with Crippen molar-refractivity contribution in [2.24, 2.45) is 0 Å². The predicted molar refractivity (Wildman–Crippen MR) is 137 cm³/mol. The highest BCUT2D eigenvalue weighted by atomic mass is 35.5. The largest absolute Gasteiger partial charge is 0.467 e. The highest BCUT2D eigenvalue weighted by molar-refractivity contribution is 6.30. The Labute approximate surface area is 210 Å². The van der Waals surface area contributed by atoms with Crippen LogP contribution >= 0.6 is 11.6 Å². The molecule has 0 spiro atoms. The second kappa shape index (κ2) is 12.0. The average molecular weight is 487 g/mol. The van der Waals surface area contributed by atoms with E-state index in [0.717, 1.165) is 16.7 Å². The molecule has 1 N–H and O–H groups in total. The number of halogens is 1. The maximum absolute atomic E-state index is 13.7. The molecule has 0 fully saturated rings. The Morgan fingerprint density at radius 1 is 0.800 bits per heavy atom. The second-order valence-corrected chi connectivity index (χ2v) is 8.75. The van der Waals surface area contributed by atoms with Crippen LogP contribution in [0.3, 0.4) is 0 Å². The second-order valence-electron chi connectivity index (χ2n) is 8.31. The van der Waals surface area contributed by atoms with Crippen LogP contribution < -0.4 is 5.32 Å². The number of hydrogen-bond donors (Lipinski definition) is 1. The van der Waals surface area contributed by atoms with Crippen LogP contribution in [0.25, 0.3) is 0 Å². The zero-order chi connectivity index (χ0) is 24.5. The molecule has 5 nitrogen and oxygen atoms in total. The first-order valence-electron chi connectivity index (χ1n) is 11.5. The number of amides is 2. The average Bonchev–Trinajstić information content (AvgIpc) is 3.41. The van der Waals surface area contributed by atoms with Crippen LogP contribution in [0.5, 0.6) is 0 Å². The first-order chi connectivity index (χ1) is 17.1. The Hall–Kier alpha value is -3.83. The number of carbonyl (C=O) groups excluding carboxylic acids is 2. The first kappa shape index (κ1) is 24.3. The van der Waals surface area contributed by atoms with Crippen molar-refractivity contribution in [3.8, 4) is 0 Å². The third-order valence-corrected chi connectivity index (χ3v) is 6.00. The summed E-state index contributed by atoms with van der Waals surface area (Å²) < 4.78 is 5.37. The Morgan fingerprint density at radius 2 is 1.46 bits per heavy atom. The molecule has 0 radical (unpaired) electrons. The molecule has 0 bridgehead atoms. The lowest BCUT2D eigenvalue weighted by Gasteiger charge is -2.31. The molecule has 6 heteroatoms. The van der Waals surface area contributed by atoms with Gasteiger partial charge in [-0.2, -0.15) is 0 Å². The lowest BCUT2D eigenvalue weighted by atomic mass is 10.0. The number of furan rings is 1. The maximum Gasteiger partial charge on any atom is 0.243 e. The van der Waals surface area contributed by atoms with Gasteiger partial charge in [-0.3, -0.25) is 9.59 Å². The fourth-order valence-electron chi connectivity index (χ4n) is 3.92. The molecule has 35 heavy (non-hydrogen) atoms. The molecule has 1 unspecified atom stereocenters. The minimum atomic E-state index is -0.702. The minimum absolute atomic E-state index is 0.134. The van der Waals surface area contributed by atoms with Gasteiger partial charge in [-0.05, 0) is 41.0 Å². The van der Waals surface area contributed by atoms with Crippen molar-refractivity contribution >= 4 is 23.4 Å². The Bertz CT molecular complexity index is 1210. The summed E-state index contributed by atoms with van der Waals surface area (Å²) in [4.78, 5) is 28.9. The Balaban J connectivity index is 1.63. The van der Waals surface area contributed by atoms with E-state index in [1.165, 1.54) is 0 Å². The topological polar surface area (TPSA) is 62.6 Å². The summed E-state index contributed by atoms with van der Waals surface area (Å²) in [7, 11) is 0. The van der Waals surface area contributed by atoms with Gasteiger partial charge in [0.05, 0.1) is 19.2 Å². The predicted octanol–water partition coefficient (Wildman–Crippen LogP) is 5.43. The molecule has 2 amide bonds. The lowest BCUT2D eigenvalue weighted by Crippen LogP contribution is -2.50. The third kappa shape index (κ3) is 7.08. The number of benzene rings is 3. The molecule has 0 saturated carbocycles. The van der Waals surface area contributed by atoms with Gasteiger partial charge in [0.1, 0.15) is 11.8 Å². The van der Waals surface area contributed by atoms with Crippen LogP contribution in [0.4, 0.5) is 0 Å². The van der Waals surface area contributed by atoms with Gasteiger partial charge in [-0.1, -0.05) is 84.4 Å². The summed E-state index contributed by atoms with van der Waals surface area (Å²) >= 11 is 6.02. The summed E-state index contributed by atoms with van der Waals surface area (Å²) in [6.45, 7) is 0.570. The highest BCUT2D eigenvalue weighted by Crippen LogP contribution is 2.18. The standard InChI is InChI=1S/C29H27ClN2O3/c30-25-15-13-23(14-16-25)19-28(33)32(21-24-10-5-2-6-11-24)27(18-22-8-3-1-4-9-22)29(34)31-20-26-12-7-17-35-26/h1-17,27H,18-21H2,(H,31,34). The minimum Gasteiger partial charge on any atom is -0.467 e. The van der Waals surface area contributed by atoms with E-state index in [1.807, 2.05) is 72.8 Å². The zero-order valence-corrected chi connectivity index (χ0v) is 20.0. The van der Waals surface area contributed by atoms with E-state index >= 15 is 0 Å². The molecule has 1 atom stereocenters. The third-order valence-electron chi connectivity index (χ3n) is 5.75. The summed E-state index contributed by atoms with van der Waals surface area (Å²) in [5.41, 5.74) is 2.77. The van der Waals surface area contributed by atoms with Gasteiger partial charge in [-0.15, -0.1) is 0 Å². The summed E-state index contributed by atoms with van der Waals surface area (Å²) in [5.74, 6) is 0.287. The number of nitrogens with zero attached hydrogens (tertiary/aromatic N) is 1. The van der Waals surface area contributed by atoms with Crippen molar-refractivity contribution < 1.29 is 14.0 Å². The lowest BCUT2D eigenvalue weighted by molar-refractivity contribution is -0.140. The van der Waals surface area contributed by atoms with E-state index in [9.17, 15) is 9.59 Å². The van der Waals surface area contributed by atoms with E-state index in [2.05, 4.69) is 5.32 Å². The van der Waals surface area contributed by atoms with Crippen molar-refractivity contribution in [2.75, 3.05) is 0 Å². The molecule has 4 rings (SSSR count). The number of carbonyl (C=O) groups is 2. The SMILES string of the molecule is O=C(NCc1ccco1)C(Cc1ccccc1)N(Cc1ccccc1)C(=O)Cc1ccc(Cl)cc1. The van der Waals surface area contributed by atoms with Gasteiger partial charge in [0.15, 0.2) is 0 Å². The fraction of sp³-hybridized carbons (Fsp3) is 0.172. The van der Waals surface area contributed by atoms with Crippen LogP contribution in [-0.2, 0) is 35.5 Å². The summed E-state index contributed by atoms with van der Waals surface area (Å²) in [6, 6.07) is 29.5.